The zero-order chi connectivity index (χ0) is 21.3. The first kappa shape index (κ1) is 20.8. The van der Waals surface area contributed by atoms with Crippen LogP contribution in [0.15, 0.2) is 64.4 Å². The van der Waals surface area contributed by atoms with Gasteiger partial charge in [0, 0.05) is 13.1 Å². The summed E-state index contributed by atoms with van der Waals surface area (Å²) in [6, 6.07) is 18.8. The fourth-order valence-corrected chi connectivity index (χ4v) is 5.67. The minimum Gasteiger partial charge on any atom is -0.339 e. The second kappa shape index (κ2) is 8.75. The second-order valence-corrected chi connectivity index (χ2v) is 9.56. The Morgan fingerprint density at radius 2 is 1.37 bits per heavy atom. The quantitative estimate of drug-likeness (QED) is 0.520. The van der Waals surface area contributed by atoms with Crippen LogP contribution in [0.4, 0.5) is 11.4 Å². The molecule has 0 fully saturated rings. The summed E-state index contributed by atoms with van der Waals surface area (Å²) in [6.07, 6.45) is 1.01. The van der Waals surface area contributed by atoms with Gasteiger partial charge < -0.3 is 10.2 Å². The van der Waals surface area contributed by atoms with Crippen molar-refractivity contribution in [2.75, 3.05) is 18.0 Å². The molecule has 4 heteroatoms. The van der Waals surface area contributed by atoms with Crippen LogP contribution in [-0.2, 0) is 17.3 Å². The van der Waals surface area contributed by atoms with E-state index >= 15 is 0 Å². The molecular weight excluding hydrogens is 388 g/mol. The zero-order valence-corrected chi connectivity index (χ0v) is 19.1. The van der Waals surface area contributed by atoms with Crippen LogP contribution in [0.5, 0.6) is 0 Å². The summed E-state index contributed by atoms with van der Waals surface area (Å²) in [4.78, 5) is 4.29. The molecule has 0 radical (unpaired) electrons. The molecule has 0 spiro atoms. The standard InChI is InChI=1S/C26H30N2OS/c1-18-11-13-23-25(20(18)3)28(16-8-15-27-17-22-9-6-5-7-10-22)26-21(4)19(2)12-14-24(26)30(23)29/h5-7,9-14,27H,8,15-17H2,1-4H3. The summed E-state index contributed by atoms with van der Waals surface area (Å²) in [5, 5.41) is 3.56. The van der Waals surface area contributed by atoms with Crippen molar-refractivity contribution < 1.29 is 4.21 Å². The Labute approximate surface area is 182 Å². The summed E-state index contributed by atoms with van der Waals surface area (Å²) >= 11 is 0. The van der Waals surface area contributed by atoms with Crippen molar-refractivity contribution >= 4 is 22.2 Å². The van der Waals surface area contributed by atoms with E-state index in [-0.39, 0.29) is 0 Å². The smallest absolute Gasteiger partial charge is 0.0892 e. The van der Waals surface area contributed by atoms with Gasteiger partial charge in [-0.05, 0) is 80.6 Å². The van der Waals surface area contributed by atoms with Crippen LogP contribution in [-0.4, -0.2) is 17.3 Å². The van der Waals surface area contributed by atoms with Gasteiger partial charge in [0.1, 0.15) is 0 Å². The van der Waals surface area contributed by atoms with Crippen molar-refractivity contribution in [1.82, 2.24) is 5.32 Å². The van der Waals surface area contributed by atoms with Crippen molar-refractivity contribution in [3.05, 3.63) is 82.4 Å². The molecule has 1 heterocycles. The van der Waals surface area contributed by atoms with E-state index in [9.17, 15) is 4.21 Å². The van der Waals surface area contributed by atoms with Crippen molar-refractivity contribution in [2.24, 2.45) is 0 Å². The maximum absolute atomic E-state index is 13.4. The molecule has 1 aliphatic heterocycles. The Kier molecular flexibility index (Phi) is 6.07. The van der Waals surface area contributed by atoms with E-state index in [0.717, 1.165) is 47.2 Å². The van der Waals surface area contributed by atoms with Gasteiger partial charge in [-0.1, -0.05) is 42.5 Å². The molecule has 3 nitrogen and oxygen atoms in total. The Hall–Kier alpha value is -2.43. The van der Waals surface area contributed by atoms with E-state index in [0.29, 0.717) is 0 Å². The highest BCUT2D eigenvalue weighted by molar-refractivity contribution is 7.85. The predicted molar refractivity (Wildman–Crippen MR) is 126 cm³/mol. The Balaban J connectivity index is 1.60. The van der Waals surface area contributed by atoms with Crippen molar-refractivity contribution in [3.63, 3.8) is 0 Å². The molecule has 3 aromatic carbocycles. The van der Waals surface area contributed by atoms with E-state index in [1.807, 2.05) is 18.2 Å². The minimum absolute atomic E-state index is 0.883. The molecule has 0 bridgehead atoms. The summed E-state index contributed by atoms with van der Waals surface area (Å²) < 4.78 is 13.4. The predicted octanol–water partition coefficient (Wildman–Crippen LogP) is 5.72. The lowest BCUT2D eigenvalue weighted by Gasteiger charge is -2.36. The monoisotopic (exact) mass is 418 g/mol. The molecule has 0 saturated heterocycles. The van der Waals surface area contributed by atoms with Crippen LogP contribution in [0.25, 0.3) is 0 Å². The summed E-state index contributed by atoms with van der Waals surface area (Å²) in [6.45, 7) is 11.3. The molecule has 0 aromatic heterocycles. The highest BCUT2D eigenvalue weighted by Crippen LogP contribution is 2.46. The van der Waals surface area contributed by atoms with Gasteiger partial charge in [-0.25, -0.2) is 4.21 Å². The lowest BCUT2D eigenvalue weighted by Crippen LogP contribution is -2.29. The number of hydrogen-bond donors (Lipinski definition) is 1. The van der Waals surface area contributed by atoms with Crippen LogP contribution in [0.3, 0.4) is 0 Å². The molecule has 0 saturated carbocycles. The fourth-order valence-electron chi connectivity index (χ4n) is 4.17. The Morgan fingerprint density at radius 3 is 1.93 bits per heavy atom. The number of benzene rings is 3. The molecule has 0 aliphatic carbocycles. The van der Waals surface area contributed by atoms with Gasteiger partial charge in [-0.15, -0.1) is 0 Å². The molecule has 0 amide bonds. The van der Waals surface area contributed by atoms with E-state index in [1.165, 1.54) is 27.8 Å². The second-order valence-electron chi connectivity index (χ2n) is 8.14. The first-order valence-electron chi connectivity index (χ1n) is 10.6. The average molecular weight is 419 g/mol. The number of anilines is 2. The fraction of sp³-hybridized carbons (Fsp3) is 0.308. The number of hydrogen-bond acceptors (Lipinski definition) is 3. The van der Waals surface area contributed by atoms with Crippen LogP contribution in [0, 0.1) is 27.7 Å². The summed E-state index contributed by atoms with van der Waals surface area (Å²) in [7, 11) is -1.14. The van der Waals surface area contributed by atoms with Crippen LogP contribution < -0.4 is 10.2 Å². The number of nitrogens with zero attached hydrogens (tertiary/aromatic N) is 1. The third-order valence-corrected chi connectivity index (χ3v) is 7.63. The molecule has 1 N–H and O–H groups in total. The van der Waals surface area contributed by atoms with E-state index in [1.54, 1.807) is 0 Å². The normalized spacial score (nSPS) is 13.3. The van der Waals surface area contributed by atoms with Crippen molar-refractivity contribution in [3.8, 4) is 0 Å². The van der Waals surface area contributed by atoms with E-state index in [2.05, 4.69) is 74.3 Å². The van der Waals surface area contributed by atoms with Gasteiger partial charge in [0.25, 0.3) is 0 Å². The van der Waals surface area contributed by atoms with E-state index in [4.69, 9.17) is 0 Å². The Bertz CT molecular complexity index is 1030. The molecule has 30 heavy (non-hydrogen) atoms. The van der Waals surface area contributed by atoms with Gasteiger partial charge in [-0.3, -0.25) is 0 Å². The zero-order valence-electron chi connectivity index (χ0n) is 18.3. The van der Waals surface area contributed by atoms with E-state index < -0.39 is 10.8 Å². The van der Waals surface area contributed by atoms with Crippen molar-refractivity contribution in [2.45, 2.75) is 50.5 Å². The largest absolute Gasteiger partial charge is 0.339 e. The number of aryl methyl sites for hydroxylation is 2. The van der Waals surface area contributed by atoms with Gasteiger partial charge in [0.2, 0.25) is 0 Å². The van der Waals surface area contributed by atoms with Gasteiger partial charge in [-0.2, -0.15) is 0 Å². The third kappa shape index (κ3) is 3.82. The third-order valence-electron chi connectivity index (χ3n) is 6.18. The molecule has 0 atom stereocenters. The SMILES string of the molecule is Cc1ccc2c(c1C)N(CCCNCc1ccccc1)c1c(ccc(C)c1C)S2=O. The molecular formula is C26H30N2OS. The number of fused-ring (bicyclic) bond motifs is 2. The van der Waals surface area contributed by atoms with Crippen LogP contribution in [0.2, 0.25) is 0 Å². The van der Waals surface area contributed by atoms with Gasteiger partial charge in [0.05, 0.1) is 32.0 Å². The average Bonchev–Trinajstić information content (AvgIpc) is 2.75. The number of nitrogens with one attached hydrogen (secondary N) is 1. The first-order valence-corrected chi connectivity index (χ1v) is 11.8. The number of rotatable bonds is 6. The molecule has 3 aromatic rings. The molecule has 156 valence electrons. The maximum atomic E-state index is 13.4. The highest BCUT2D eigenvalue weighted by atomic mass is 32.2. The summed E-state index contributed by atoms with van der Waals surface area (Å²) in [5.74, 6) is 0. The van der Waals surface area contributed by atoms with Crippen molar-refractivity contribution in [1.29, 1.82) is 0 Å². The molecule has 0 unspecified atom stereocenters. The molecule has 4 rings (SSSR count). The minimum atomic E-state index is -1.14. The lowest BCUT2D eigenvalue weighted by atomic mass is 10.0. The van der Waals surface area contributed by atoms with Gasteiger partial charge in [0.15, 0.2) is 0 Å². The summed E-state index contributed by atoms with van der Waals surface area (Å²) in [5.41, 5.74) is 8.52. The topological polar surface area (TPSA) is 32.3 Å². The van der Waals surface area contributed by atoms with Gasteiger partial charge >= 0.3 is 0 Å². The first-order chi connectivity index (χ1) is 14.5. The van der Waals surface area contributed by atoms with Crippen LogP contribution >= 0.6 is 0 Å². The highest BCUT2D eigenvalue weighted by Gasteiger charge is 2.31. The molecule has 1 aliphatic rings. The lowest BCUT2D eigenvalue weighted by molar-refractivity contribution is 0.646. The van der Waals surface area contributed by atoms with Crippen LogP contribution in [0.1, 0.15) is 34.2 Å². The maximum Gasteiger partial charge on any atom is 0.0892 e. The Morgan fingerprint density at radius 1 is 0.800 bits per heavy atom.